The van der Waals surface area contributed by atoms with Crippen LogP contribution < -0.4 is 5.32 Å². The summed E-state index contributed by atoms with van der Waals surface area (Å²) in [7, 11) is -3.63. The minimum absolute atomic E-state index is 0.270. The van der Waals surface area contributed by atoms with E-state index in [4.69, 9.17) is 0 Å². The molecule has 10 heteroatoms. The van der Waals surface area contributed by atoms with Gasteiger partial charge in [0.2, 0.25) is 11.0 Å². The first-order valence-corrected chi connectivity index (χ1v) is 11.8. The van der Waals surface area contributed by atoms with Crippen LogP contribution in [0.4, 0.5) is 5.13 Å². The molecule has 0 aliphatic carbocycles. The Morgan fingerprint density at radius 2 is 2.23 bits per heavy atom. The smallest absolute Gasteiger partial charge is 0.253 e. The Kier molecular flexibility index (Phi) is 6.38. The van der Waals surface area contributed by atoms with Crippen LogP contribution in [0.2, 0.25) is 0 Å². The summed E-state index contributed by atoms with van der Waals surface area (Å²) < 4.78 is 27.1. The molecule has 26 heavy (non-hydrogen) atoms. The molecular weight excluding hydrogens is 392 g/mol. The lowest BCUT2D eigenvalue weighted by Gasteiger charge is -2.22. The van der Waals surface area contributed by atoms with Crippen molar-refractivity contribution < 1.29 is 13.2 Å². The van der Waals surface area contributed by atoms with Crippen molar-refractivity contribution >= 4 is 43.7 Å². The maximum Gasteiger partial charge on any atom is 0.253 e. The molecule has 1 atom stereocenters. The second-order valence-electron chi connectivity index (χ2n) is 6.15. The van der Waals surface area contributed by atoms with Gasteiger partial charge in [-0.25, -0.2) is 8.42 Å². The van der Waals surface area contributed by atoms with Gasteiger partial charge in [0, 0.05) is 13.0 Å². The van der Waals surface area contributed by atoms with Gasteiger partial charge in [-0.3, -0.25) is 10.1 Å². The van der Waals surface area contributed by atoms with E-state index in [0.29, 0.717) is 24.5 Å². The predicted octanol–water partition coefficient (Wildman–Crippen LogP) is 3.12. The van der Waals surface area contributed by atoms with E-state index in [1.54, 1.807) is 17.5 Å². The quantitative estimate of drug-likeness (QED) is 0.670. The molecule has 142 valence electrons. The molecule has 7 nitrogen and oxygen atoms in total. The molecule has 1 fully saturated rings. The number of nitrogens with zero attached hydrogens (tertiary/aromatic N) is 3. The highest BCUT2D eigenvalue weighted by Gasteiger charge is 2.40. The standard InChI is InChI=1S/C16H22N4O3S3/c1-2-3-4-8-13-18-19-16(25-13)17-15(21)12-7-5-10-20(12)26(22,23)14-9-6-11-24-14/h6,9,11-12H,2-5,7-8,10H2,1H3,(H,17,19,21). The lowest BCUT2D eigenvalue weighted by atomic mass is 10.2. The van der Waals surface area contributed by atoms with E-state index in [0.717, 1.165) is 30.7 Å². The molecule has 1 aliphatic heterocycles. The fourth-order valence-corrected chi connectivity index (χ4v) is 6.50. The number of carbonyl (C=O) groups is 1. The van der Waals surface area contributed by atoms with Gasteiger partial charge in [0.25, 0.3) is 10.0 Å². The van der Waals surface area contributed by atoms with Crippen LogP contribution in [0, 0.1) is 0 Å². The zero-order chi connectivity index (χ0) is 18.6. The van der Waals surface area contributed by atoms with Gasteiger partial charge in [-0.15, -0.1) is 21.5 Å². The molecule has 1 unspecified atom stereocenters. The van der Waals surface area contributed by atoms with Crippen LogP contribution in [0.1, 0.15) is 44.0 Å². The van der Waals surface area contributed by atoms with Crippen LogP contribution >= 0.6 is 22.7 Å². The van der Waals surface area contributed by atoms with E-state index in [9.17, 15) is 13.2 Å². The third-order valence-corrected chi connectivity index (χ3v) is 8.44. The fourth-order valence-electron chi connectivity index (χ4n) is 2.94. The largest absolute Gasteiger partial charge is 0.299 e. The number of hydrogen-bond donors (Lipinski definition) is 1. The van der Waals surface area contributed by atoms with E-state index in [2.05, 4.69) is 22.4 Å². The summed E-state index contributed by atoms with van der Waals surface area (Å²) in [5.74, 6) is -0.334. The first kappa shape index (κ1) is 19.4. The van der Waals surface area contributed by atoms with Crippen molar-refractivity contribution in [2.75, 3.05) is 11.9 Å². The molecule has 3 heterocycles. The fraction of sp³-hybridized carbons (Fsp3) is 0.562. The second kappa shape index (κ2) is 8.55. The summed E-state index contributed by atoms with van der Waals surface area (Å²) in [6.45, 7) is 2.50. The number of unbranched alkanes of at least 4 members (excludes halogenated alkanes) is 2. The van der Waals surface area contributed by atoms with Gasteiger partial charge in [0.1, 0.15) is 15.3 Å². The molecular formula is C16H22N4O3S3. The number of thiophene rings is 1. The van der Waals surface area contributed by atoms with E-state index in [1.807, 2.05) is 0 Å². The molecule has 3 rings (SSSR count). The van der Waals surface area contributed by atoms with Crippen molar-refractivity contribution in [3.8, 4) is 0 Å². The van der Waals surface area contributed by atoms with Gasteiger partial charge in [-0.2, -0.15) is 4.31 Å². The Hall–Kier alpha value is -1.36. The average molecular weight is 415 g/mol. The Labute approximate surface area is 161 Å². The van der Waals surface area contributed by atoms with Gasteiger partial charge in [0.15, 0.2) is 0 Å². The van der Waals surface area contributed by atoms with Crippen molar-refractivity contribution in [1.29, 1.82) is 0 Å². The summed E-state index contributed by atoms with van der Waals surface area (Å²) in [4.78, 5) is 12.6. The van der Waals surface area contributed by atoms with Gasteiger partial charge in [-0.1, -0.05) is 37.2 Å². The lowest BCUT2D eigenvalue weighted by molar-refractivity contribution is -0.119. The average Bonchev–Trinajstić information content (AvgIpc) is 3.36. The minimum atomic E-state index is -3.63. The summed E-state index contributed by atoms with van der Waals surface area (Å²) in [6.07, 6.45) is 5.36. The number of nitrogens with one attached hydrogen (secondary N) is 1. The Balaban J connectivity index is 1.66. The lowest BCUT2D eigenvalue weighted by Crippen LogP contribution is -2.42. The summed E-state index contributed by atoms with van der Waals surface area (Å²) in [5.41, 5.74) is 0. The van der Waals surface area contributed by atoms with Crippen LogP contribution in [-0.2, 0) is 21.2 Å². The maximum absolute atomic E-state index is 12.7. The first-order chi connectivity index (χ1) is 12.5. The van der Waals surface area contributed by atoms with Crippen LogP contribution in [-0.4, -0.2) is 41.4 Å². The maximum atomic E-state index is 12.7. The third kappa shape index (κ3) is 4.30. The molecule has 2 aromatic rings. The van der Waals surface area contributed by atoms with Gasteiger partial charge in [-0.05, 0) is 30.7 Å². The molecule has 0 saturated carbocycles. The van der Waals surface area contributed by atoms with Gasteiger partial charge in [0.05, 0.1) is 0 Å². The number of hydrogen-bond acceptors (Lipinski definition) is 7. The summed E-state index contributed by atoms with van der Waals surface area (Å²) in [5, 5.41) is 13.9. The van der Waals surface area contributed by atoms with Crippen molar-refractivity contribution in [3.63, 3.8) is 0 Å². The highest BCUT2D eigenvalue weighted by molar-refractivity contribution is 7.91. The van der Waals surface area contributed by atoms with Crippen LogP contribution in [0.3, 0.4) is 0 Å². The molecule has 0 spiro atoms. The van der Waals surface area contributed by atoms with E-state index >= 15 is 0 Å². The van der Waals surface area contributed by atoms with Crippen LogP contribution in [0.25, 0.3) is 0 Å². The van der Waals surface area contributed by atoms with Crippen molar-refractivity contribution in [2.45, 2.75) is 55.7 Å². The van der Waals surface area contributed by atoms with Gasteiger partial charge < -0.3 is 0 Å². The Morgan fingerprint density at radius 1 is 1.38 bits per heavy atom. The number of rotatable bonds is 8. The second-order valence-corrected chi connectivity index (χ2v) is 10.3. The summed E-state index contributed by atoms with van der Waals surface area (Å²) >= 11 is 2.52. The van der Waals surface area contributed by atoms with Crippen LogP contribution in [0.5, 0.6) is 0 Å². The van der Waals surface area contributed by atoms with Crippen molar-refractivity contribution in [1.82, 2.24) is 14.5 Å². The van der Waals surface area contributed by atoms with Crippen molar-refractivity contribution in [3.05, 3.63) is 22.5 Å². The number of sulfonamides is 1. The number of carbonyl (C=O) groups excluding carboxylic acids is 1. The normalized spacial score (nSPS) is 18.3. The van der Waals surface area contributed by atoms with Gasteiger partial charge >= 0.3 is 0 Å². The number of amides is 1. The monoisotopic (exact) mass is 414 g/mol. The topological polar surface area (TPSA) is 92.3 Å². The molecule has 1 N–H and O–H groups in total. The van der Waals surface area contributed by atoms with E-state index < -0.39 is 16.1 Å². The molecule has 0 bridgehead atoms. The number of aromatic nitrogens is 2. The number of anilines is 1. The van der Waals surface area contributed by atoms with E-state index in [-0.39, 0.29) is 10.1 Å². The Morgan fingerprint density at radius 3 is 2.96 bits per heavy atom. The SMILES string of the molecule is CCCCCc1nnc(NC(=O)C2CCCN2S(=O)(=O)c2cccs2)s1. The van der Waals surface area contributed by atoms with Crippen molar-refractivity contribution in [2.24, 2.45) is 0 Å². The molecule has 1 aliphatic rings. The minimum Gasteiger partial charge on any atom is -0.299 e. The zero-order valence-electron chi connectivity index (χ0n) is 14.6. The zero-order valence-corrected chi connectivity index (χ0v) is 17.0. The molecule has 2 aromatic heterocycles. The number of aryl methyl sites for hydroxylation is 1. The van der Waals surface area contributed by atoms with E-state index in [1.165, 1.54) is 27.0 Å². The predicted molar refractivity (Wildman–Crippen MR) is 103 cm³/mol. The van der Waals surface area contributed by atoms with Crippen LogP contribution in [0.15, 0.2) is 21.7 Å². The molecule has 0 radical (unpaired) electrons. The third-order valence-electron chi connectivity index (χ3n) is 4.26. The molecule has 0 aromatic carbocycles. The highest BCUT2D eigenvalue weighted by Crippen LogP contribution is 2.29. The molecule has 1 saturated heterocycles. The Bertz CT molecular complexity index is 833. The first-order valence-electron chi connectivity index (χ1n) is 8.71. The molecule has 1 amide bonds. The highest BCUT2D eigenvalue weighted by atomic mass is 32.2. The summed E-state index contributed by atoms with van der Waals surface area (Å²) in [6, 6.07) is 2.57.